The maximum absolute atomic E-state index is 12.5. The molecule has 1 aromatic rings. The molecular formula is C17H28N4OS. The number of carbonyl (C=O) groups is 1. The van der Waals surface area contributed by atoms with Crippen LogP contribution in [0.3, 0.4) is 0 Å². The summed E-state index contributed by atoms with van der Waals surface area (Å²) in [7, 11) is 2.20. The van der Waals surface area contributed by atoms with Crippen LogP contribution in [0.2, 0.25) is 0 Å². The number of hydrogen-bond donors (Lipinski definition) is 0. The van der Waals surface area contributed by atoms with Crippen LogP contribution in [0.5, 0.6) is 0 Å². The second-order valence-corrected chi connectivity index (χ2v) is 8.27. The van der Waals surface area contributed by atoms with Gasteiger partial charge in [0.15, 0.2) is 0 Å². The van der Waals surface area contributed by atoms with Crippen molar-refractivity contribution in [2.45, 2.75) is 39.2 Å². The first-order valence-corrected chi connectivity index (χ1v) is 9.48. The zero-order chi connectivity index (χ0) is 16.4. The summed E-state index contributed by atoms with van der Waals surface area (Å²) in [6.45, 7) is 10.3. The fraction of sp³-hybridized carbons (Fsp3) is 0.765. The zero-order valence-corrected chi connectivity index (χ0v) is 15.4. The summed E-state index contributed by atoms with van der Waals surface area (Å²) < 4.78 is 0. The molecule has 0 bridgehead atoms. The molecule has 0 aromatic carbocycles. The van der Waals surface area contributed by atoms with Crippen molar-refractivity contribution in [1.82, 2.24) is 19.7 Å². The van der Waals surface area contributed by atoms with Crippen molar-refractivity contribution in [3.8, 4) is 0 Å². The van der Waals surface area contributed by atoms with E-state index < -0.39 is 0 Å². The van der Waals surface area contributed by atoms with E-state index in [0.29, 0.717) is 12.5 Å². The Hall–Kier alpha value is -0.980. The van der Waals surface area contributed by atoms with Gasteiger partial charge >= 0.3 is 0 Å². The van der Waals surface area contributed by atoms with Crippen LogP contribution in [-0.2, 0) is 11.2 Å². The lowest BCUT2D eigenvalue weighted by Crippen LogP contribution is -2.54. The lowest BCUT2D eigenvalue weighted by Gasteiger charge is -2.42. The summed E-state index contributed by atoms with van der Waals surface area (Å²) in [4.78, 5) is 25.2. The first-order chi connectivity index (χ1) is 11.0. The van der Waals surface area contributed by atoms with E-state index >= 15 is 0 Å². The van der Waals surface area contributed by atoms with Crippen LogP contribution < -0.4 is 0 Å². The van der Waals surface area contributed by atoms with Crippen LogP contribution in [0, 0.1) is 13.8 Å². The third-order valence-electron chi connectivity index (χ3n) is 5.19. The molecule has 6 heteroatoms. The number of rotatable bonds is 3. The molecule has 3 heterocycles. The van der Waals surface area contributed by atoms with E-state index in [0.717, 1.165) is 36.9 Å². The molecular weight excluding hydrogens is 308 g/mol. The summed E-state index contributed by atoms with van der Waals surface area (Å²) in [5.41, 5.74) is 0.968. The van der Waals surface area contributed by atoms with Crippen LogP contribution in [0.25, 0.3) is 0 Å². The molecule has 128 valence electrons. The normalized spacial score (nSPS) is 21.8. The topological polar surface area (TPSA) is 39.7 Å². The number of carbonyl (C=O) groups excluding carboxylic acids is 1. The van der Waals surface area contributed by atoms with Gasteiger partial charge < -0.3 is 9.80 Å². The third kappa shape index (κ3) is 4.11. The predicted molar refractivity (Wildman–Crippen MR) is 94.0 cm³/mol. The van der Waals surface area contributed by atoms with Gasteiger partial charge in [-0.3, -0.25) is 9.69 Å². The summed E-state index contributed by atoms with van der Waals surface area (Å²) in [6, 6.07) is 0.715. The number of aryl methyl sites for hydroxylation is 2. The molecule has 0 aliphatic carbocycles. The highest BCUT2D eigenvalue weighted by Gasteiger charge is 2.28. The summed E-state index contributed by atoms with van der Waals surface area (Å²) >= 11 is 1.68. The minimum Gasteiger partial charge on any atom is -0.340 e. The van der Waals surface area contributed by atoms with Crippen molar-refractivity contribution in [3.63, 3.8) is 0 Å². The molecule has 3 rings (SSSR count). The second-order valence-electron chi connectivity index (χ2n) is 6.86. The Kier molecular flexibility index (Phi) is 5.34. The van der Waals surface area contributed by atoms with E-state index in [9.17, 15) is 4.79 Å². The Morgan fingerprint density at radius 1 is 1.13 bits per heavy atom. The minimum atomic E-state index is 0.237. The lowest BCUT2D eigenvalue weighted by atomic mass is 10.0. The van der Waals surface area contributed by atoms with Gasteiger partial charge in [-0.2, -0.15) is 0 Å². The van der Waals surface area contributed by atoms with Gasteiger partial charge in [0, 0.05) is 37.1 Å². The predicted octanol–water partition coefficient (Wildman–Crippen LogP) is 1.54. The quantitative estimate of drug-likeness (QED) is 0.839. The molecule has 1 amide bonds. The Bertz CT molecular complexity index is 543. The number of amides is 1. The largest absolute Gasteiger partial charge is 0.340 e. The van der Waals surface area contributed by atoms with Crippen LogP contribution in [0.4, 0.5) is 0 Å². The third-order valence-corrected chi connectivity index (χ3v) is 6.12. The van der Waals surface area contributed by atoms with E-state index in [1.54, 1.807) is 11.3 Å². The maximum atomic E-state index is 12.5. The monoisotopic (exact) mass is 336 g/mol. The second kappa shape index (κ2) is 7.28. The van der Waals surface area contributed by atoms with Crippen molar-refractivity contribution < 1.29 is 4.79 Å². The summed E-state index contributed by atoms with van der Waals surface area (Å²) in [5, 5.41) is 1.05. The molecule has 2 aliphatic rings. The highest BCUT2D eigenvalue weighted by Crippen LogP contribution is 2.20. The fourth-order valence-corrected chi connectivity index (χ4v) is 4.52. The van der Waals surface area contributed by atoms with E-state index in [4.69, 9.17) is 0 Å². The van der Waals surface area contributed by atoms with Gasteiger partial charge in [-0.05, 0) is 46.8 Å². The molecule has 0 N–H and O–H groups in total. The Morgan fingerprint density at radius 2 is 1.78 bits per heavy atom. The molecule has 0 unspecified atom stereocenters. The molecule has 0 saturated carbocycles. The van der Waals surface area contributed by atoms with Crippen LogP contribution >= 0.6 is 11.3 Å². The number of piperidine rings is 1. The number of nitrogens with zero attached hydrogens (tertiary/aromatic N) is 4. The number of hydrogen-bond acceptors (Lipinski definition) is 5. The smallest absolute Gasteiger partial charge is 0.228 e. The standard InChI is InChI=1S/C17H28N4OS/c1-13-16(18-14(2)23-13)12-17(22)21-10-8-20(9-11-21)15-4-6-19(3)7-5-15/h15H,4-12H2,1-3H3. The molecule has 0 radical (unpaired) electrons. The molecule has 2 aliphatic heterocycles. The van der Waals surface area contributed by atoms with Gasteiger partial charge in [0.05, 0.1) is 17.1 Å². The van der Waals surface area contributed by atoms with Crippen LogP contribution in [-0.4, -0.2) is 77.9 Å². The lowest BCUT2D eigenvalue weighted by molar-refractivity contribution is -0.132. The van der Waals surface area contributed by atoms with E-state index in [2.05, 4.69) is 28.8 Å². The SMILES string of the molecule is Cc1nc(CC(=O)N2CCN(C3CCN(C)CC3)CC2)c(C)s1. The molecule has 2 saturated heterocycles. The number of aromatic nitrogens is 1. The van der Waals surface area contributed by atoms with Crippen LogP contribution in [0.15, 0.2) is 0 Å². The van der Waals surface area contributed by atoms with Crippen molar-refractivity contribution in [2.75, 3.05) is 46.3 Å². The highest BCUT2D eigenvalue weighted by atomic mass is 32.1. The van der Waals surface area contributed by atoms with E-state index in [-0.39, 0.29) is 5.91 Å². The van der Waals surface area contributed by atoms with Gasteiger partial charge in [-0.15, -0.1) is 11.3 Å². The van der Waals surface area contributed by atoms with Gasteiger partial charge in [0.2, 0.25) is 5.91 Å². The molecule has 23 heavy (non-hydrogen) atoms. The van der Waals surface area contributed by atoms with Crippen molar-refractivity contribution in [1.29, 1.82) is 0 Å². The molecule has 2 fully saturated rings. The summed E-state index contributed by atoms with van der Waals surface area (Å²) in [5.74, 6) is 0.237. The van der Waals surface area contributed by atoms with Crippen LogP contribution in [0.1, 0.15) is 28.4 Å². The van der Waals surface area contributed by atoms with Gasteiger partial charge in [0.25, 0.3) is 0 Å². The van der Waals surface area contributed by atoms with E-state index in [1.165, 1.54) is 30.8 Å². The first kappa shape index (κ1) is 16.9. The average Bonchev–Trinajstić information content (AvgIpc) is 2.86. The minimum absolute atomic E-state index is 0.237. The molecule has 0 atom stereocenters. The number of thiazole rings is 1. The van der Waals surface area contributed by atoms with Crippen molar-refractivity contribution >= 4 is 17.2 Å². The van der Waals surface area contributed by atoms with Gasteiger partial charge in [0.1, 0.15) is 0 Å². The van der Waals surface area contributed by atoms with E-state index in [1.807, 2.05) is 11.8 Å². The average molecular weight is 337 g/mol. The number of likely N-dealkylation sites (tertiary alicyclic amines) is 1. The van der Waals surface area contributed by atoms with Gasteiger partial charge in [-0.1, -0.05) is 0 Å². The maximum Gasteiger partial charge on any atom is 0.228 e. The fourth-order valence-electron chi connectivity index (χ4n) is 3.69. The van der Waals surface area contributed by atoms with Crippen molar-refractivity contribution in [3.05, 3.63) is 15.6 Å². The molecule has 5 nitrogen and oxygen atoms in total. The van der Waals surface area contributed by atoms with Crippen molar-refractivity contribution in [2.24, 2.45) is 0 Å². The highest BCUT2D eigenvalue weighted by molar-refractivity contribution is 7.11. The Labute approximate surface area is 143 Å². The van der Waals surface area contributed by atoms with Gasteiger partial charge in [-0.25, -0.2) is 4.98 Å². The summed E-state index contributed by atoms with van der Waals surface area (Å²) in [6.07, 6.45) is 2.99. The molecule has 0 spiro atoms. The Morgan fingerprint density at radius 3 is 2.35 bits per heavy atom. The molecule has 1 aromatic heterocycles. The number of piperazine rings is 1. The Balaban J connectivity index is 1.48. The first-order valence-electron chi connectivity index (χ1n) is 8.66. The zero-order valence-electron chi connectivity index (χ0n) is 14.5.